The average molecular weight is 945 g/mol. The zero-order chi connectivity index (χ0) is 50.2. The molecule has 0 aromatic rings. The number of aliphatic hydroxyl groups excluding tert-OH is 2. The predicted octanol–water partition coefficient (Wildman–Crippen LogP) is 3.85. The first kappa shape index (κ1) is 57.2. The van der Waals surface area contributed by atoms with Gasteiger partial charge < -0.3 is 67.7 Å². The third-order valence-electron chi connectivity index (χ3n) is 13.5. The minimum absolute atomic E-state index is 0.00313. The van der Waals surface area contributed by atoms with Gasteiger partial charge in [0.2, 0.25) is 0 Å². The Bertz CT molecular complexity index is 1690. The highest BCUT2D eigenvalue weighted by molar-refractivity contribution is 5.89. The van der Waals surface area contributed by atoms with Crippen molar-refractivity contribution in [2.75, 3.05) is 34.4 Å². The Morgan fingerprint density at radius 2 is 1.50 bits per heavy atom. The van der Waals surface area contributed by atoms with Crippen molar-refractivity contribution in [1.29, 1.82) is 0 Å². The molecule has 0 aromatic carbocycles. The Labute approximate surface area is 391 Å². The van der Waals surface area contributed by atoms with Crippen molar-refractivity contribution in [3.05, 3.63) is 12.2 Å². The molecular weight excluding hydrogens is 865 g/mol. The Morgan fingerprint density at radius 3 is 2.03 bits per heavy atom. The van der Waals surface area contributed by atoms with Crippen molar-refractivity contribution in [1.82, 2.24) is 4.90 Å². The van der Waals surface area contributed by atoms with Crippen LogP contribution in [0, 0.1) is 23.7 Å². The lowest BCUT2D eigenvalue weighted by Gasteiger charge is -2.50. The van der Waals surface area contributed by atoms with E-state index in [-0.39, 0.29) is 43.7 Å². The average Bonchev–Trinajstić information content (AvgIpc) is 3.23. The number of rotatable bonds is 14. The van der Waals surface area contributed by atoms with Gasteiger partial charge in [-0.05, 0) is 80.5 Å². The summed E-state index contributed by atoms with van der Waals surface area (Å²) in [6, 6.07) is -0.365. The van der Waals surface area contributed by atoms with E-state index < -0.39 is 126 Å². The van der Waals surface area contributed by atoms with E-state index in [0.717, 1.165) is 0 Å². The second-order valence-electron chi connectivity index (χ2n) is 19.5. The van der Waals surface area contributed by atoms with Crippen molar-refractivity contribution in [3.8, 4) is 0 Å². The zero-order valence-corrected chi connectivity index (χ0v) is 42.1. The molecule has 3 aliphatic rings. The number of esters is 3. The first-order valence-corrected chi connectivity index (χ1v) is 23.0. The lowest BCUT2D eigenvalue weighted by molar-refractivity contribution is -0.321. The SMILES string of the molecule is C=C(CO)CO[C@]1(C)C[C@@H](C)C(=NOC(C)=O)[C@H](C)[C@@H](O)[C@](C)(O)[C@@H](CC)OC(=O)[C@H](C)[C@@H](OC2C[C@@](C)(OC)[C@@H](OC(C)=O)[C@H](C)O2)[C@H](C)[C@H]1O[C@@H]1O[C@H](C)C[C@H](N(C)C)[C@H]1OC(C)=O. The van der Waals surface area contributed by atoms with Gasteiger partial charge in [-0.2, -0.15) is 0 Å². The Kier molecular flexibility index (Phi) is 20.8. The Morgan fingerprint density at radius 1 is 0.879 bits per heavy atom. The van der Waals surface area contributed by atoms with E-state index >= 15 is 0 Å². The molecule has 3 aliphatic heterocycles. The molecule has 0 amide bonds. The summed E-state index contributed by atoms with van der Waals surface area (Å²) in [5.41, 5.74) is -4.20. The highest BCUT2D eigenvalue weighted by atomic mass is 16.7. The summed E-state index contributed by atoms with van der Waals surface area (Å²) < 4.78 is 57.6. The molecule has 0 saturated carbocycles. The van der Waals surface area contributed by atoms with Gasteiger partial charge in [0.05, 0.1) is 67.0 Å². The third kappa shape index (κ3) is 14.0. The summed E-state index contributed by atoms with van der Waals surface area (Å²) in [4.78, 5) is 59.1. The number of carbonyl (C=O) groups is 4. The summed E-state index contributed by atoms with van der Waals surface area (Å²) in [6.07, 6.45) is -9.82. The van der Waals surface area contributed by atoms with E-state index in [1.54, 1.807) is 55.4 Å². The maximum atomic E-state index is 14.7. The number of carbonyl (C=O) groups excluding carboxylic acids is 4. The van der Waals surface area contributed by atoms with Crippen LogP contribution in [0.25, 0.3) is 0 Å². The van der Waals surface area contributed by atoms with Crippen LogP contribution < -0.4 is 0 Å². The van der Waals surface area contributed by atoms with E-state index in [2.05, 4.69) is 11.7 Å². The summed E-state index contributed by atoms with van der Waals surface area (Å²) in [5.74, 6) is -6.39. The monoisotopic (exact) mass is 945 g/mol. The van der Waals surface area contributed by atoms with Crippen LogP contribution in [0.4, 0.5) is 0 Å². The predicted molar refractivity (Wildman–Crippen MR) is 240 cm³/mol. The van der Waals surface area contributed by atoms with Crippen LogP contribution in [-0.2, 0) is 66.6 Å². The fraction of sp³-hybridized carbons (Fsp3) is 0.851. The highest BCUT2D eigenvalue weighted by Crippen LogP contribution is 2.43. The summed E-state index contributed by atoms with van der Waals surface area (Å²) >= 11 is 0. The van der Waals surface area contributed by atoms with Gasteiger partial charge in [0.1, 0.15) is 17.3 Å². The van der Waals surface area contributed by atoms with Gasteiger partial charge in [0, 0.05) is 52.1 Å². The number of hydrogen-bond acceptors (Lipinski definition) is 19. The van der Waals surface area contributed by atoms with Crippen molar-refractivity contribution < 1.29 is 82.0 Å². The molecule has 0 bridgehead atoms. The summed E-state index contributed by atoms with van der Waals surface area (Å²) in [6.45, 7) is 24.1. The maximum Gasteiger partial charge on any atom is 0.331 e. The fourth-order valence-electron chi connectivity index (χ4n) is 9.83. The zero-order valence-electron chi connectivity index (χ0n) is 42.1. The van der Waals surface area contributed by atoms with Crippen LogP contribution in [0.15, 0.2) is 17.3 Å². The molecule has 3 fully saturated rings. The van der Waals surface area contributed by atoms with Gasteiger partial charge in [-0.3, -0.25) is 14.4 Å². The molecule has 0 radical (unpaired) electrons. The van der Waals surface area contributed by atoms with E-state index in [0.29, 0.717) is 12.0 Å². The summed E-state index contributed by atoms with van der Waals surface area (Å²) in [7, 11) is 5.21. The smallest absolute Gasteiger partial charge is 0.331 e. The molecule has 380 valence electrons. The quantitative estimate of drug-likeness (QED) is 0.0737. The molecule has 0 aliphatic carbocycles. The number of methoxy groups -OCH3 is 1. The van der Waals surface area contributed by atoms with Crippen LogP contribution in [0.3, 0.4) is 0 Å². The van der Waals surface area contributed by atoms with E-state index in [4.69, 9.17) is 47.5 Å². The molecule has 0 aromatic heterocycles. The Hall–Kier alpha value is -3.11. The molecule has 19 heteroatoms. The number of likely N-dealkylation sites (N-methyl/N-ethyl adjacent to an activating group) is 1. The maximum absolute atomic E-state index is 14.7. The first-order chi connectivity index (χ1) is 30.6. The van der Waals surface area contributed by atoms with E-state index in [1.165, 1.54) is 34.8 Å². The number of hydrogen-bond donors (Lipinski definition) is 3. The van der Waals surface area contributed by atoms with E-state index in [1.807, 2.05) is 25.9 Å². The molecule has 1 unspecified atom stereocenters. The number of nitrogens with zero attached hydrogens (tertiary/aromatic N) is 2. The van der Waals surface area contributed by atoms with Crippen LogP contribution in [0.5, 0.6) is 0 Å². The van der Waals surface area contributed by atoms with Crippen LogP contribution in [0.2, 0.25) is 0 Å². The lowest BCUT2D eigenvalue weighted by Crippen LogP contribution is -2.62. The highest BCUT2D eigenvalue weighted by Gasteiger charge is 2.55. The number of ether oxygens (including phenoxy) is 9. The van der Waals surface area contributed by atoms with Gasteiger partial charge in [-0.25, -0.2) is 4.79 Å². The topological polar surface area (TPSA) is 237 Å². The molecule has 18 atom stereocenters. The first-order valence-electron chi connectivity index (χ1n) is 23.0. The Balaban J connectivity index is 2.45. The largest absolute Gasteiger partial charge is 0.459 e. The minimum atomic E-state index is -2.06. The molecule has 3 saturated heterocycles. The summed E-state index contributed by atoms with van der Waals surface area (Å²) in [5, 5.41) is 38.5. The van der Waals surface area contributed by atoms with Gasteiger partial charge in [0.25, 0.3) is 0 Å². The van der Waals surface area contributed by atoms with E-state index in [9.17, 15) is 34.5 Å². The molecule has 19 nitrogen and oxygen atoms in total. The van der Waals surface area contributed by atoms with Gasteiger partial charge in [-0.15, -0.1) is 0 Å². The third-order valence-corrected chi connectivity index (χ3v) is 13.5. The molecule has 66 heavy (non-hydrogen) atoms. The molecule has 3 heterocycles. The number of oxime groups is 1. The van der Waals surface area contributed by atoms with Gasteiger partial charge >= 0.3 is 23.9 Å². The normalized spacial score (nSPS) is 41.4. The van der Waals surface area contributed by atoms with Crippen molar-refractivity contribution in [3.63, 3.8) is 0 Å². The van der Waals surface area contributed by atoms with Crippen molar-refractivity contribution in [2.24, 2.45) is 28.8 Å². The standard InChI is InChI=1S/C47H80N2O17/c1-18-35-47(14,56)40(54)27(5)37(48-66-33(11)53)25(3)20-46(13,58-23-24(2)22-50)41(65-44-39(61-31(9)51)34(49(15)16)19-26(4)59-44)28(6)38(29(7)43(55)63-35)64-36-21-45(12,57-17)42(30(8)60-36)62-32(10)52/h25-30,34-36,38-42,44,50,54,56H,2,18-23H2,1,3-17H3/t25-,26-,27+,28+,29-,30+,34+,35-,36?,38+,39-,40-,41-,42+,44+,45-,46-,47-/m1/s1. The second kappa shape index (κ2) is 23.9. The number of cyclic esters (lactones) is 1. The molecular formula is C47H80N2O17. The van der Waals surface area contributed by atoms with Crippen molar-refractivity contribution in [2.45, 2.75) is 200 Å². The number of aliphatic hydroxyl groups is 3. The van der Waals surface area contributed by atoms with Gasteiger partial charge in [-0.1, -0.05) is 39.4 Å². The fourth-order valence-corrected chi connectivity index (χ4v) is 9.83. The van der Waals surface area contributed by atoms with Gasteiger partial charge in [0.15, 0.2) is 24.8 Å². The molecule has 3 rings (SSSR count). The van der Waals surface area contributed by atoms with Crippen LogP contribution >= 0.6 is 0 Å². The second-order valence-corrected chi connectivity index (χ2v) is 19.5. The van der Waals surface area contributed by atoms with Crippen LogP contribution in [0.1, 0.15) is 116 Å². The molecule has 0 spiro atoms. The lowest BCUT2D eigenvalue weighted by atomic mass is 9.73. The molecule has 3 N–H and O–H groups in total. The van der Waals surface area contributed by atoms with Crippen LogP contribution in [-0.4, -0.2) is 168 Å². The van der Waals surface area contributed by atoms with Crippen molar-refractivity contribution >= 4 is 29.6 Å². The minimum Gasteiger partial charge on any atom is -0.459 e.